The number of para-hydroxylation sites is 2. The van der Waals surface area contributed by atoms with Crippen LogP contribution in [0.3, 0.4) is 0 Å². The molecule has 0 aliphatic heterocycles. The molecule has 0 spiro atoms. The van der Waals surface area contributed by atoms with Crippen molar-refractivity contribution in [2.24, 2.45) is 0 Å². The van der Waals surface area contributed by atoms with E-state index in [1.807, 2.05) is 18.2 Å². The Bertz CT molecular complexity index is 817. The smallest absolute Gasteiger partial charge is 0.258 e. The number of carbonyl (C=O) groups is 1. The van der Waals surface area contributed by atoms with Crippen molar-refractivity contribution in [3.8, 4) is 5.88 Å². The second-order valence-electron chi connectivity index (χ2n) is 4.18. The zero-order chi connectivity index (χ0) is 14.1. The first-order valence-electron chi connectivity index (χ1n) is 5.81. The molecule has 0 bridgehead atoms. The topological polar surface area (TPSA) is 111 Å². The molecule has 0 aliphatic rings. The van der Waals surface area contributed by atoms with E-state index < -0.39 is 11.5 Å². The highest BCUT2D eigenvalue weighted by Gasteiger charge is 2.11. The van der Waals surface area contributed by atoms with Gasteiger partial charge in [-0.3, -0.25) is 19.9 Å². The van der Waals surface area contributed by atoms with Crippen LogP contribution in [0, 0.1) is 0 Å². The maximum atomic E-state index is 12.0. The van der Waals surface area contributed by atoms with E-state index >= 15 is 0 Å². The zero-order valence-corrected chi connectivity index (χ0v) is 10.2. The van der Waals surface area contributed by atoms with Gasteiger partial charge in [-0.2, -0.15) is 0 Å². The minimum absolute atomic E-state index is 0.0479. The fraction of sp³-hybridized carbons (Fsp3) is 0. The van der Waals surface area contributed by atoms with Crippen molar-refractivity contribution in [1.82, 2.24) is 15.0 Å². The Hall–Kier alpha value is -3.09. The standard InChI is InChI=1S/C13H10N4O3/c18-10-5-7(6-11(19)16-10)12(20)17-13-14-8-3-1-2-4-9(8)15-13/h1-6H,(H2,16,18,19)(H2,14,15,17,20). The van der Waals surface area contributed by atoms with Crippen LogP contribution in [0.2, 0.25) is 0 Å². The number of hydrogen-bond donors (Lipinski definition) is 4. The number of nitrogens with one attached hydrogen (secondary N) is 3. The molecular weight excluding hydrogens is 260 g/mol. The second kappa shape index (κ2) is 4.54. The van der Waals surface area contributed by atoms with Gasteiger partial charge in [0.15, 0.2) is 5.88 Å². The lowest BCUT2D eigenvalue weighted by Gasteiger charge is -2.01. The summed E-state index contributed by atoms with van der Waals surface area (Å²) in [4.78, 5) is 32.4. The predicted octanol–water partition coefficient (Wildman–Crippen LogP) is 1.21. The number of amides is 1. The molecule has 0 saturated heterocycles. The van der Waals surface area contributed by atoms with Crippen LogP contribution < -0.4 is 10.9 Å². The molecule has 7 nitrogen and oxygen atoms in total. The van der Waals surface area contributed by atoms with Crippen LogP contribution in [-0.4, -0.2) is 26.0 Å². The van der Waals surface area contributed by atoms with Crippen LogP contribution >= 0.6 is 0 Å². The van der Waals surface area contributed by atoms with E-state index in [0.29, 0.717) is 0 Å². The molecule has 0 saturated carbocycles. The number of aromatic nitrogens is 3. The number of nitrogens with zero attached hydrogens (tertiary/aromatic N) is 1. The lowest BCUT2D eigenvalue weighted by atomic mass is 10.2. The van der Waals surface area contributed by atoms with Gasteiger partial charge in [0.25, 0.3) is 11.5 Å². The van der Waals surface area contributed by atoms with Crippen molar-refractivity contribution in [1.29, 1.82) is 0 Å². The number of aromatic hydroxyl groups is 1. The number of H-pyrrole nitrogens is 2. The molecule has 2 aromatic heterocycles. The molecular formula is C13H10N4O3. The normalized spacial score (nSPS) is 10.6. The summed E-state index contributed by atoms with van der Waals surface area (Å²) in [5, 5.41) is 11.8. The Kier molecular flexibility index (Phi) is 2.72. The summed E-state index contributed by atoms with van der Waals surface area (Å²) in [7, 11) is 0. The Balaban J connectivity index is 1.90. The summed E-state index contributed by atoms with van der Waals surface area (Å²) in [6, 6.07) is 9.58. The van der Waals surface area contributed by atoms with Gasteiger partial charge in [0.1, 0.15) is 0 Å². The van der Waals surface area contributed by atoms with Gasteiger partial charge in [-0.1, -0.05) is 12.1 Å². The van der Waals surface area contributed by atoms with E-state index in [9.17, 15) is 14.7 Å². The predicted molar refractivity (Wildman–Crippen MR) is 72.8 cm³/mol. The fourth-order valence-corrected chi connectivity index (χ4v) is 1.85. The molecule has 0 radical (unpaired) electrons. The van der Waals surface area contributed by atoms with E-state index in [-0.39, 0.29) is 17.4 Å². The number of pyridine rings is 1. The van der Waals surface area contributed by atoms with Crippen LogP contribution in [-0.2, 0) is 0 Å². The minimum Gasteiger partial charge on any atom is -0.494 e. The molecule has 100 valence electrons. The first-order chi connectivity index (χ1) is 9.61. The van der Waals surface area contributed by atoms with Crippen LogP contribution in [0.25, 0.3) is 11.0 Å². The van der Waals surface area contributed by atoms with Crippen LogP contribution in [0.5, 0.6) is 5.88 Å². The van der Waals surface area contributed by atoms with Crippen molar-refractivity contribution < 1.29 is 9.90 Å². The summed E-state index contributed by atoms with van der Waals surface area (Å²) in [5.41, 5.74) is 1.000. The number of benzene rings is 1. The molecule has 2 heterocycles. The van der Waals surface area contributed by atoms with Crippen molar-refractivity contribution >= 4 is 22.9 Å². The summed E-state index contributed by atoms with van der Waals surface area (Å²) < 4.78 is 0. The molecule has 1 aromatic carbocycles. The van der Waals surface area contributed by atoms with Crippen LogP contribution in [0.1, 0.15) is 10.4 Å². The summed E-state index contributed by atoms with van der Waals surface area (Å²) in [6.45, 7) is 0. The maximum Gasteiger partial charge on any atom is 0.258 e. The van der Waals surface area contributed by atoms with Gasteiger partial charge in [0.2, 0.25) is 5.95 Å². The van der Waals surface area contributed by atoms with Crippen molar-refractivity contribution in [3.63, 3.8) is 0 Å². The minimum atomic E-state index is -0.556. The van der Waals surface area contributed by atoms with Crippen molar-refractivity contribution in [2.75, 3.05) is 5.32 Å². The third kappa shape index (κ3) is 2.24. The first-order valence-corrected chi connectivity index (χ1v) is 5.81. The summed E-state index contributed by atoms with van der Waals surface area (Å²) in [5.74, 6) is -0.631. The average molecular weight is 270 g/mol. The molecule has 0 fully saturated rings. The molecule has 0 aliphatic carbocycles. The highest BCUT2D eigenvalue weighted by Crippen LogP contribution is 2.14. The van der Waals surface area contributed by atoms with E-state index in [1.165, 1.54) is 6.07 Å². The van der Waals surface area contributed by atoms with Gasteiger partial charge in [-0.25, -0.2) is 4.98 Å². The Morgan fingerprint density at radius 3 is 2.75 bits per heavy atom. The Morgan fingerprint density at radius 1 is 1.20 bits per heavy atom. The SMILES string of the molecule is O=C(Nc1nc2ccccc2[nH]1)c1cc(O)[nH]c(=O)c1. The molecule has 3 rings (SSSR count). The summed E-state index contributed by atoms with van der Waals surface area (Å²) in [6.07, 6.45) is 0. The largest absolute Gasteiger partial charge is 0.494 e. The van der Waals surface area contributed by atoms with E-state index in [4.69, 9.17) is 0 Å². The Morgan fingerprint density at radius 2 is 2.00 bits per heavy atom. The van der Waals surface area contributed by atoms with Crippen LogP contribution in [0.15, 0.2) is 41.2 Å². The van der Waals surface area contributed by atoms with Gasteiger partial charge in [0.05, 0.1) is 16.6 Å². The zero-order valence-electron chi connectivity index (χ0n) is 10.2. The van der Waals surface area contributed by atoms with Gasteiger partial charge < -0.3 is 10.1 Å². The number of carbonyl (C=O) groups excluding carboxylic acids is 1. The average Bonchev–Trinajstić information content (AvgIpc) is 2.79. The second-order valence-corrected chi connectivity index (χ2v) is 4.18. The Labute approximate surface area is 112 Å². The number of fused-ring (bicyclic) bond motifs is 1. The van der Waals surface area contributed by atoms with Crippen molar-refractivity contribution in [3.05, 3.63) is 52.3 Å². The molecule has 20 heavy (non-hydrogen) atoms. The third-order valence-corrected chi connectivity index (χ3v) is 2.71. The van der Waals surface area contributed by atoms with E-state index in [1.54, 1.807) is 6.07 Å². The van der Waals surface area contributed by atoms with E-state index in [0.717, 1.165) is 17.1 Å². The van der Waals surface area contributed by atoms with Gasteiger partial charge >= 0.3 is 0 Å². The number of aromatic amines is 2. The molecule has 0 atom stereocenters. The number of hydrogen-bond acceptors (Lipinski definition) is 4. The highest BCUT2D eigenvalue weighted by molar-refractivity contribution is 6.04. The number of rotatable bonds is 2. The van der Waals surface area contributed by atoms with Crippen LogP contribution in [0.4, 0.5) is 5.95 Å². The number of imidazole rings is 1. The third-order valence-electron chi connectivity index (χ3n) is 2.71. The lowest BCUT2D eigenvalue weighted by molar-refractivity contribution is 0.102. The molecule has 1 amide bonds. The maximum absolute atomic E-state index is 12.0. The molecule has 7 heteroatoms. The number of anilines is 1. The highest BCUT2D eigenvalue weighted by atomic mass is 16.3. The van der Waals surface area contributed by atoms with Crippen molar-refractivity contribution in [2.45, 2.75) is 0 Å². The van der Waals surface area contributed by atoms with Gasteiger partial charge in [0, 0.05) is 12.1 Å². The monoisotopic (exact) mass is 270 g/mol. The summed E-state index contributed by atoms with van der Waals surface area (Å²) >= 11 is 0. The van der Waals surface area contributed by atoms with Gasteiger partial charge in [-0.05, 0) is 12.1 Å². The quantitative estimate of drug-likeness (QED) is 0.560. The fourth-order valence-electron chi connectivity index (χ4n) is 1.85. The lowest BCUT2D eigenvalue weighted by Crippen LogP contribution is -2.16. The first kappa shape index (κ1) is 12.0. The molecule has 3 aromatic rings. The van der Waals surface area contributed by atoms with E-state index in [2.05, 4.69) is 20.3 Å². The molecule has 0 unspecified atom stereocenters. The molecule has 4 N–H and O–H groups in total. The van der Waals surface area contributed by atoms with Gasteiger partial charge in [-0.15, -0.1) is 0 Å².